The van der Waals surface area contributed by atoms with Gasteiger partial charge in [0.1, 0.15) is 11.5 Å². The second-order valence-corrected chi connectivity index (χ2v) is 5.86. The zero-order valence-electron chi connectivity index (χ0n) is 15.2. The number of esters is 1. The summed E-state index contributed by atoms with van der Waals surface area (Å²) in [6.07, 6.45) is 1.57. The molecule has 6 nitrogen and oxygen atoms in total. The van der Waals surface area contributed by atoms with E-state index < -0.39 is 5.97 Å². The van der Waals surface area contributed by atoms with Gasteiger partial charge in [-0.2, -0.15) is 0 Å². The van der Waals surface area contributed by atoms with E-state index in [-0.39, 0.29) is 24.8 Å². The number of pyridine rings is 1. The molecule has 0 saturated carbocycles. The number of aromatic nitrogens is 1. The van der Waals surface area contributed by atoms with Gasteiger partial charge in [-0.05, 0) is 50.2 Å². The molecule has 0 bridgehead atoms. The van der Waals surface area contributed by atoms with Gasteiger partial charge in [-0.1, -0.05) is 18.2 Å². The van der Waals surface area contributed by atoms with Crippen LogP contribution in [0.25, 0.3) is 0 Å². The minimum absolute atomic E-state index is 0.246. The second-order valence-electron chi connectivity index (χ2n) is 5.86. The van der Waals surface area contributed by atoms with Gasteiger partial charge in [-0.3, -0.25) is 9.69 Å². The zero-order valence-corrected chi connectivity index (χ0v) is 15.2. The van der Waals surface area contributed by atoms with Gasteiger partial charge in [0.15, 0.2) is 0 Å². The van der Waals surface area contributed by atoms with Crippen molar-refractivity contribution in [2.75, 3.05) is 11.5 Å². The molecular weight excluding hydrogens is 344 g/mol. The van der Waals surface area contributed by atoms with Crippen LogP contribution in [0, 0.1) is 6.92 Å². The molecule has 0 saturated heterocycles. The highest BCUT2D eigenvalue weighted by Crippen LogP contribution is 2.20. The first kappa shape index (κ1) is 18.4. The number of aryl methyl sites for hydroxylation is 1. The number of benzene rings is 1. The lowest BCUT2D eigenvalue weighted by molar-refractivity contribution is 0.0524. The molecule has 3 aromatic rings. The van der Waals surface area contributed by atoms with Crippen molar-refractivity contribution >= 4 is 17.6 Å². The summed E-state index contributed by atoms with van der Waals surface area (Å²) >= 11 is 0. The average Bonchev–Trinajstić information content (AvgIpc) is 3.19. The Hall–Kier alpha value is -3.41. The van der Waals surface area contributed by atoms with E-state index >= 15 is 0 Å². The van der Waals surface area contributed by atoms with Crippen LogP contribution in [0.3, 0.4) is 0 Å². The first-order valence-electron chi connectivity index (χ1n) is 8.64. The topological polar surface area (TPSA) is 72.6 Å². The Morgan fingerprint density at radius 1 is 1.07 bits per heavy atom. The van der Waals surface area contributed by atoms with E-state index in [1.807, 2.05) is 36.4 Å². The Labute approximate surface area is 157 Å². The molecule has 0 spiro atoms. The standard InChI is InChI=1S/C21H20N2O4/c1-3-26-21(25)18-11-12-19(22-15(18)2)20(24)23(14-17-10-7-13-27-17)16-8-5-4-6-9-16/h4-13H,3,14H2,1-2H3. The minimum atomic E-state index is -0.447. The van der Waals surface area contributed by atoms with Crippen molar-refractivity contribution in [2.45, 2.75) is 20.4 Å². The van der Waals surface area contributed by atoms with E-state index in [9.17, 15) is 9.59 Å². The first-order chi connectivity index (χ1) is 13.1. The predicted molar refractivity (Wildman–Crippen MR) is 101 cm³/mol. The number of furan rings is 1. The van der Waals surface area contributed by atoms with Crippen LogP contribution in [0.5, 0.6) is 0 Å². The molecule has 0 unspecified atom stereocenters. The predicted octanol–water partition coefficient (Wildman–Crippen LogP) is 4.01. The van der Waals surface area contributed by atoms with Crippen LogP contribution in [-0.2, 0) is 11.3 Å². The Bertz CT molecular complexity index is 921. The minimum Gasteiger partial charge on any atom is -0.467 e. The third kappa shape index (κ3) is 4.23. The van der Waals surface area contributed by atoms with E-state index in [4.69, 9.17) is 9.15 Å². The van der Waals surface area contributed by atoms with E-state index in [0.717, 1.165) is 5.69 Å². The number of anilines is 1. The molecule has 0 atom stereocenters. The lowest BCUT2D eigenvalue weighted by Gasteiger charge is -2.21. The molecule has 0 fully saturated rings. The number of carbonyl (C=O) groups excluding carboxylic acids is 2. The molecule has 0 radical (unpaired) electrons. The van der Waals surface area contributed by atoms with E-state index in [2.05, 4.69) is 4.98 Å². The number of amides is 1. The SMILES string of the molecule is CCOC(=O)c1ccc(C(=O)N(Cc2ccco2)c2ccccc2)nc1C. The van der Waals surface area contributed by atoms with E-state index in [1.54, 1.807) is 43.2 Å². The van der Waals surface area contributed by atoms with Crippen LogP contribution < -0.4 is 4.90 Å². The molecule has 0 aliphatic heterocycles. The highest BCUT2D eigenvalue weighted by Gasteiger charge is 2.22. The maximum atomic E-state index is 13.1. The van der Waals surface area contributed by atoms with Crippen molar-refractivity contribution in [2.24, 2.45) is 0 Å². The highest BCUT2D eigenvalue weighted by molar-refractivity contribution is 6.05. The molecule has 1 amide bonds. The third-order valence-corrected chi connectivity index (χ3v) is 4.01. The third-order valence-electron chi connectivity index (χ3n) is 4.01. The Morgan fingerprint density at radius 3 is 2.48 bits per heavy atom. The summed E-state index contributed by atoms with van der Waals surface area (Å²) < 4.78 is 10.4. The molecule has 3 rings (SSSR count). The lowest BCUT2D eigenvalue weighted by Crippen LogP contribution is -2.31. The van der Waals surface area contributed by atoms with Gasteiger partial charge >= 0.3 is 5.97 Å². The molecule has 2 aromatic heterocycles. The van der Waals surface area contributed by atoms with Crippen LogP contribution in [0.4, 0.5) is 5.69 Å². The van der Waals surface area contributed by atoms with Gasteiger partial charge < -0.3 is 9.15 Å². The molecule has 0 N–H and O–H groups in total. The van der Waals surface area contributed by atoms with Crippen molar-refractivity contribution in [1.29, 1.82) is 0 Å². The van der Waals surface area contributed by atoms with Crippen LogP contribution >= 0.6 is 0 Å². The van der Waals surface area contributed by atoms with Crippen LogP contribution in [0.1, 0.15) is 39.2 Å². The van der Waals surface area contributed by atoms with Crippen molar-refractivity contribution in [3.63, 3.8) is 0 Å². The maximum absolute atomic E-state index is 13.1. The van der Waals surface area contributed by atoms with Crippen molar-refractivity contribution in [3.05, 3.63) is 83.6 Å². The number of hydrogen-bond donors (Lipinski definition) is 0. The summed E-state index contributed by atoms with van der Waals surface area (Å²) in [5.74, 6) is -0.0693. The smallest absolute Gasteiger partial charge is 0.339 e. The maximum Gasteiger partial charge on any atom is 0.339 e. The molecule has 1 aromatic carbocycles. The zero-order chi connectivity index (χ0) is 19.2. The van der Waals surface area contributed by atoms with Crippen molar-refractivity contribution in [3.8, 4) is 0 Å². The van der Waals surface area contributed by atoms with Crippen molar-refractivity contribution < 1.29 is 18.7 Å². The van der Waals surface area contributed by atoms with Gasteiger partial charge in [0.2, 0.25) is 0 Å². The van der Waals surface area contributed by atoms with Crippen molar-refractivity contribution in [1.82, 2.24) is 4.98 Å². The number of para-hydroxylation sites is 1. The lowest BCUT2D eigenvalue weighted by atomic mass is 10.1. The number of nitrogens with zero attached hydrogens (tertiary/aromatic N) is 2. The number of hydrogen-bond acceptors (Lipinski definition) is 5. The number of carbonyl (C=O) groups is 2. The van der Waals surface area contributed by atoms with Crippen LogP contribution in [0.15, 0.2) is 65.3 Å². The summed E-state index contributed by atoms with van der Waals surface area (Å²) in [4.78, 5) is 31.0. The van der Waals surface area contributed by atoms with Crippen LogP contribution in [0.2, 0.25) is 0 Å². The average molecular weight is 364 g/mol. The summed E-state index contributed by atoms with van der Waals surface area (Å²) in [6, 6.07) is 16.0. The summed E-state index contributed by atoms with van der Waals surface area (Å²) in [5, 5.41) is 0. The number of rotatable bonds is 6. The van der Waals surface area contributed by atoms with E-state index in [0.29, 0.717) is 17.0 Å². The summed E-state index contributed by atoms with van der Waals surface area (Å²) in [5.41, 5.74) is 1.78. The Kier molecular flexibility index (Phi) is 5.66. The fraction of sp³-hybridized carbons (Fsp3) is 0.190. The Morgan fingerprint density at radius 2 is 1.85 bits per heavy atom. The molecule has 0 aliphatic carbocycles. The highest BCUT2D eigenvalue weighted by atomic mass is 16.5. The molecule has 6 heteroatoms. The molecule has 138 valence electrons. The second kappa shape index (κ2) is 8.31. The van der Waals surface area contributed by atoms with E-state index in [1.165, 1.54) is 0 Å². The van der Waals surface area contributed by atoms with Gasteiger partial charge in [-0.15, -0.1) is 0 Å². The largest absolute Gasteiger partial charge is 0.467 e. The van der Waals surface area contributed by atoms with Crippen LogP contribution in [-0.4, -0.2) is 23.5 Å². The quantitative estimate of drug-likeness (QED) is 0.618. The molecular formula is C21H20N2O4. The van der Waals surface area contributed by atoms with Gasteiger partial charge in [0, 0.05) is 5.69 Å². The molecule has 27 heavy (non-hydrogen) atoms. The summed E-state index contributed by atoms with van der Waals surface area (Å²) in [7, 11) is 0. The summed E-state index contributed by atoms with van der Waals surface area (Å²) in [6.45, 7) is 3.98. The first-order valence-corrected chi connectivity index (χ1v) is 8.64. The van der Waals surface area contributed by atoms with Gasteiger partial charge in [0.25, 0.3) is 5.91 Å². The normalized spacial score (nSPS) is 10.4. The monoisotopic (exact) mass is 364 g/mol. The van der Waals surface area contributed by atoms with Gasteiger partial charge in [0.05, 0.1) is 30.7 Å². The Balaban J connectivity index is 1.92. The van der Waals surface area contributed by atoms with Gasteiger partial charge in [-0.25, -0.2) is 9.78 Å². The fourth-order valence-electron chi connectivity index (χ4n) is 2.69. The molecule has 2 heterocycles. The number of ether oxygens (including phenoxy) is 1. The molecule has 0 aliphatic rings. The fourth-order valence-corrected chi connectivity index (χ4v) is 2.69.